The summed E-state index contributed by atoms with van der Waals surface area (Å²) in [6.07, 6.45) is 1.98. The monoisotopic (exact) mass is 335 g/mol. The predicted octanol–water partition coefficient (Wildman–Crippen LogP) is 2.26. The van der Waals surface area contributed by atoms with Gasteiger partial charge in [-0.2, -0.15) is 0 Å². The van der Waals surface area contributed by atoms with Crippen molar-refractivity contribution in [3.05, 3.63) is 29.0 Å². The van der Waals surface area contributed by atoms with Gasteiger partial charge in [0.05, 0.1) is 10.9 Å². The average Bonchev–Trinajstić information content (AvgIpc) is 2.84. The van der Waals surface area contributed by atoms with Crippen LogP contribution in [0.15, 0.2) is 23.1 Å². The normalized spacial score (nSPS) is 22.4. The molecule has 1 aliphatic carbocycles. The molecular formula is C13H15ClFNO4S. The second kappa shape index (κ2) is 6.29. The minimum atomic E-state index is -3.89. The van der Waals surface area contributed by atoms with E-state index in [1.54, 1.807) is 0 Å². The van der Waals surface area contributed by atoms with Crippen molar-refractivity contribution in [1.29, 1.82) is 0 Å². The molecule has 2 unspecified atom stereocenters. The zero-order valence-electron chi connectivity index (χ0n) is 11.1. The third-order valence-corrected chi connectivity index (χ3v) is 5.60. The first-order chi connectivity index (χ1) is 9.81. The molecule has 1 aliphatic rings. The Morgan fingerprint density at radius 2 is 2.14 bits per heavy atom. The summed E-state index contributed by atoms with van der Waals surface area (Å²) >= 11 is 5.74. The first-order valence-electron chi connectivity index (χ1n) is 6.49. The van der Waals surface area contributed by atoms with Crippen molar-refractivity contribution in [2.45, 2.75) is 24.2 Å². The van der Waals surface area contributed by atoms with Crippen LogP contribution in [0.2, 0.25) is 5.02 Å². The highest BCUT2D eigenvalue weighted by atomic mass is 35.5. The first kappa shape index (κ1) is 16.2. The number of carboxylic acid groups (broad SMARTS) is 1. The number of aliphatic carboxylic acids is 1. The van der Waals surface area contributed by atoms with Crippen molar-refractivity contribution in [2.75, 3.05) is 6.54 Å². The molecule has 5 nitrogen and oxygen atoms in total. The highest BCUT2D eigenvalue weighted by Gasteiger charge is 2.33. The van der Waals surface area contributed by atoms with Crippen molar-refractivity contribution < 1.29 is 22.7 Å². The van der Waals surface area contributed by atoms with Crippen LogP contribution in [0.25, 0.3) is 0 Å². The van der Waals surface area contributed by atoms with Crippen molar-refractivity contribution in [3.8, 4) is 0 Å². The van der Waals surface area contributed by atoms with Gasteiger partial charge in [0.25, 0.3) is 0 Å². The summed E-state index contributed by atoms with van der Waals surface area (Å²) in [6.45, 7) is 0.0347. The largest absolute Gasteiger partial charge is 0.481 e. The van der Waals surface area contributed by atoms with Gasteiger partial charge in [0.15, 0.2) is 0 Å². The number of benzene rings is 1. The molecule has 2 N–H and O–H groups in total. The fourth-order valence-electron chi connectivity index (χ4n) is 2.59. The van der Waals surface area contributed by atoms with E-state index in [0.717, 1.165) is 24.6 Å². The minimum absolute atomic E-state index is 0.0347. The SMILES string of the molecule is O=C(O)C1CCCC1CNS(=O)(=O)c1ccc(F)cc1Cl. The van der Waals surface area contributed by atoms with E-state index in [2.05, 4.69) is 4.72 Å². The molecule has 0 bridgehead atoms. The van der Waals surface area contributed by atoms with Gasteiger partial charge in [0.2, 0.25) is 10.0 Å². The van der Waals surface area contributed by atoms with Crippen LogP contribution in [0.5, 0.6) is 0 Å². The molecule has 1 saturated carbocycles. The number of carbonyl (C=O) groups is 1. The molecule has 0 aromatic heterocycles. The van der Waals surface area contributed by atoms with Gasteiger partial charge in [-0.05, 0) is 37.0 Å². The predicted molar refractivity (Wildman–Crippen MR) is 75.1 cm³/mol. The van der Waals surface area contributed by atoms with E-state index < -0.39 is 27.7 Å². The Morgan fingerprint density at radius 1 is 1.43 bits per heavy atom. The highest BCUT2D eigenvalue weighted by molar-refractivity contribution is 7.89. The van der Waals surface area contributed by atoms with E-state index >= 15 is 0 Å². The van der Waals surface area contributed by atoms with E-state index in [-0.39, 0.29) is 22.4 Å². The van der Waals surface area contributed by atoms with Gasteiger partial charge in [-0.25, -0.2) is 17.5 Å². The molecule has 0 heterocycles. The minimum Gasteiger partial charge on any atom is -0.481 e. The highest BCUT2D eigenvalue weighted by Crippen LogP contribution is 2.32. The van der Waals surface area contributed by atoms with Gasteiger partial charge < -0.3 is 5.11 Å². The summed E-state index contributed by atoms with van der Waals surface area (Å²) in [5.74, 6) is -2.30. The van der Waals surface area contributed by atoms with Crippen molar-refractivity contribution in [2.24, 2.45) is 11.8 Å². The van der Waals surface area contributed by atoms with Gasteiger partial charge >= 0.3 is 5.97 Å². The lowest BCUT2D eigenvalue weighted by atomic mass is 9.97. The molecule has 1 fully saturated rings. The van der Waals surface area contributed by atoms with E-state index in [1.165, 1.54) is 0 Å². The molecule has 0 spiro atoms. The van der Waals surface area contributed by atoms with Crippen molar-refractivity contribution in [1.82, 2.24) is 4.72 Å². The Morgan fingerprint density at radius 3 is 2.76 bits per heavy atom. The van der Waals surface area contributed by atoms with Crippen molar-refractivity contribution >= 4 is 27.6 Å². The molecular weight excluding hydrogens is 321 g/mol. The van der Waals surface area contributed by atoms with E-state index in [4.69, 9.17) is 16.7 Å². The number of hydrogen-bond donors (Lipinski definition) is 2. The van der Waals surface area contributed by atoms with Gasteiger partial charge in [0, 0.05) is 6.54 Å². The molecule has 0 saturated heterocycles. The smallest absolute Gasteiger partial charge is 0.306 e. The van der Waals surface area contributed by atoms with Gasteiger partial charge in [0.1, 0.15) is 10.7 Å². The molecule has 0 radical (unpaired) electrons. The van der Waals surface area contributed by atoms with Gasteiger partial charge in [-0.15, -0.1) is 0 Å². The summed E-state index contributed by atoms with van der Waals surface area (Å²) in [5, 5.41) is 8.86. The zero-order chi connectivity index (χ0) is 15.6. The zero-order valence-corrected chi connectivity index (χ0v) is 12.6. The van der Waals surface area contributed by atoms with Crippen LogP contribution in [0.4, 0.5) is 4.39 Å². The lowest BCUT2D eigenvalue weighted by Gasteiger charge is -2.16. The number of hydrogen-bond acceptors (Lipinski definition) is 3. The topological polar surface area (TPSA) is 83.5 Å². The van der Waals surface area contributed by atoms with Crippen LogP contribution >= 0.6 is 11.6 Å². The maximum Gasteiger partial charge on any atom is 0.306 e. The summed E-state index contributed by atoms with van der Waals surface area (Å²) in [5.41, 5.74) is 0. The lowest BCUT2D eigenvalue weighted by Crippen LogP contribution is -2.33. The molecule has 2 rings (SSSR count). The number of rotatable bonds is 5. The lowest BCUT2D eigenvalue weighted by molar-refractivity contribution is -0.142. The fraction of sp³-hybridized carbons (Fsp3) is 0.462. The van der Waals surface area contributed by atoms with Crippen LogP contribution in [0.1, 0.15) is 19.3 Å². The maximum atomic E-state index is 12.9. The third-order valence-electron chi connectivity index (χ3n) is 3.70. The summed E-state index contributed by atoms with van der Waals surface area (Å²) in [4.78, 5) is 10.8. The Balaban J connectivity index is 2.09. The van der Waals surface area contributed by atoms with Crippen molar-refractivity contribution in [3.63, 3.8) is 0 Å². The summed E-state index contributed by atoms with van der Waals surface area (Å²) < 4.78 is 39.6. The van der Waals surface area contributed by atoms with Crippen LogP contribution in [0.3, 0.4) is 0 Å². The third kappa shape index (κ3) is 3.72. The van der Waals surface area contributed by atoms with Crippen LogP contribution in [-0.4, -0.2) is 26.0 Å². The summed E-state index contributed by atoms with van der Waals surface area (Å²) in [7, 11) is -3.89. The van der Waals surface area contributed by atoms with E-state index in [1.807, 2.05) is 0 Å². The Bertz CT molecular complexity index is 650. The molecule has 21 heavy (non-hydrogen) atoms. The average molecular weight is 336 g/mol. The Kier molecular flexibility index (Phi) is 4.85. The Labute approximate surface area is 127 Å². The number of carboxylic acids is 1. The second-order valence-electron chi connectivity index (χ2n) is 5.06. The fourth-order valence-corrected chi connectivity index (χ4v) is 4.22. The molecule has 2 atom stereocenters. The van der Waals surface area contributed by atoms with E-state index in [9.17, 15) is 17.6 Å². The molecule has 116 valence electrons. The van der Waals surface area contributed by atoms with Gasteiger partial charge in [-0.3, -0.25) is 4.79 Å². The molecule has 0 aliphatic heterocycles. The number of halogens is 2. The number of nitrogens with one attached hydrogen (secondary N) is 1. The molecule has 0 amide bonds. The Hall–Kier alpha value is -1.18. The standard InChI is InChI=1S/C13H15ClFNO4S/c14-11-6-9(15)4-5-12(11)21(19,20)16-7-8-2-1-3-10(8)13(17)18/h4-6,8,10,16H,1-3,7H2,(H,17,18). The quantitative estimate of drug-likeness (QED) is 0.864. The van der Waals surface area contributed by atoms with Crippen LogP contribution in [0, 0.1) is 17.7 Å². The second-order valence-corrected chi connectivity index (χ2v) is 7.20. The van der Waals surface area contributed by atoms with E-state index in [0.29, 0.717) is 12.8 Å². The molecule has 1 aromatic rings. The van der Waals surface area contributed by atoms with Crippen LogP contribution in [-0.2, 0) is 14.8 Å². The first-order valence-corrected chi connectivity index (χ1v) is 8.35. The maximum absolute atomic E-state index is 12.9. The molecule has 8 heteroatoms. The van der Waals surface area contributed by atoms with Crippen LogP contribution < -0.4 is 4.72 Å². The van der Waals surface area contributed by atoms with Gasteiger partial charge in [-0.1, -0.05) is 18.0 Å². The number of sulfonamides is 1. The summed E-state index contributed by atoms with van der Waals surface area (Å²) in [6, 6.07) is 3.02. The molecule has 1 aromatic carbocycles.